The van der Waals surface area contributed by atoms with Crippen LogP contribution in [0.15, 0.2) is 60.7 Å². The van der Waals surface area contributed by atoms with Gasteiger partial charge < -0.3 is 10.0 Å². The van der Waals surface area contributed by atoms with Crippen LogP contribution in [0.3, 0.4) is 0 Å². The minimum absolute atomic E-state index is 0.195. The Morgan fingerprint density at radius 3 is 2.24 bits per heavy atom. The summed E-state index contributed by atoms with van der Waals surface area (Å²) in [4.78, 5) is 25.9. The SMILES string of the molecule is Cc1cc(CC2SC(=O)NC2=O)cc(C)c1N(Cc1ccccc1)c1ccc(O)c(C(C)C)c1. The normalized spacial score (nSPS) is 15.6. The second kappa shape index (κ2) is 9.94. The van der Waals surface area contributed by atoms with Crippen LogP contribution in [0.4, 0.5) is 16.2 Å². The number of amides is 2. The molecule has 1 saturated heterocycles. The molecule has 3 aromatic carbocycles. The van der Waals surface area contributed by atoms with Gasteiger partial charge in [0, 0.05) is 17.9 Å². The van der Waals surface area contributed by atoms with Gasteiger partial charge in [-0.15, -0.1) is 0 Å². The minimum Gasteiger partial charge on any atom is -0.508 e. The van der Waals surface area contributed by atoms with Crippen LogP contribution in [0.25, 0.3) is 0 Å². The third-order valence-electron chi connectivity index (χ3n) is 6.14. The number of phenols is 1. The quantitative estimate of drug-likeness (QED) is 0.417. The molecule has 1 unspecified atom stereocenters. The Balaban J connectivity index is 1.75. The van der Waals surface area contributed by atoms with Crippen molar-refractivity contribution in [1.82, 2.24) is 5.32 Å². The number of aryl methyl sites for hydroxylation is 2. The highest BCUT2D eigenvalue weighted by Gasteiger charge is 2.31. The Kier molecular flexibility index (Phi) is 6.98. The number of aromatic hydroxyl groups is 1. The van der Waals surface area contributed by atoms with Gasteiger partial charge in [0.2, 0.25) is 5.91 Å². The number of carbonyl (C=O) groups is 2. The third kappa shape index (κ3) is 5.12. The van der Waals surface area contributed by atoms with Crippen molar-refractivity contribution in [2.45, 2.75) is 51.8 Å². The van der Waals surface area contributed by atoms with Gasteiger partial charge in [-0.25, -0.2) is 0 Å². The highest BCUT2D eigenvalue weighted by Crippen LogP contribution is 2.38. The predicted octanol–water partition coefficient (Wildman–Crippen LogP) is 6.36. The van der Waals surface area contributed by atoms with E-state index in [9.17, 15) is 14.7 Å². The van der Waals surface area contributed by atoms with Crippen molar-refractivity contribution in [3.05, 3.63) is 88.5 Å². The summed E-state index contributed by atoms with van der Waals surface area (Å²) in [5.41, 5.74) is 7.45. The van der Waals surface area contributed by atoms with Gasteiger partial charge in [-0.3, -0.25) is 14.9 Å². The molecule has 0 aliphatic carbocycles. The lowest BCUT2D eigenvalue weighted by Crippen LogP contribution is -2.25. The highest BCUT2D eigenvalue weighted by molar-refractivity contribution is 8.15. The minimum atomic E-state index is -0.386. The molecular formula is C28H30N2O3S. The first-order valence-corrected chi connectivity index (χ1v) is 12.4. The van der Waals surface area contributed by atoms with Crippen LogP contribution < -0.4 is 10.2 Å². The molecule has 34 heavy (non-hydrogen) atoms. The second-order valence-corrected chi connectivity index (χ2v) is 10.3. The maximum absolute atomic E-state index is 12.1. The fourth-order valence-corrected chi connectivity index (χ4v) is 5.43. The van der Waals surface area contributed by atoms with E-state index >= 15 is 0 Å². The van der Waals surface area contributed by atoms with Crippen molar-refractivity contribution in [3.8, 4) is 5.75 Å². The first-order valence-electron chi connectivity index (χ1n) is 11.5. The molecule has 176 valence electrons. The van der Waals surface area contributed by atoms with Gasteiger partial charge in [0.25, 0.3) is 5.24 Å². The molecule has 6 heteroatoms. The number of phenolic OH excluding ortho intramolecular Hbond substituents is 1. The van der Waals surface area contributed by atoms with Gasteiger partial charge in [-0.1, -0.05) is 68.1 Å². The molecule has 1 fully saturated rings. The smallest absolute Gasteiger partial charge is 0.286 e. The number of hydrogen-bond donors (Lipinski definition) is 2. The van der Waals surface area contributed by atoms with E-state index in [1.165, 1.54) is 5.56 Å². The Hall–Kier alpha value is -3.25. The molecule has 1 aliphatic heterocycles. The predicted molar refractivity (Wildman–Crippen MR) is 139 cm³/mol. The molecular weight excluding hydrogens is 444 g/mol. The average molecular weight is 475 g/mol. The van der Waals surface area contributed by atoms with Crippen molar-refractivity contribution in [3.63, 3.8) is 0 Å². The summed E-state index contributed by atoms with van der Waals surface area (Å²) in [6.07, 6.45) is 0.513. The van der Waals surface area contributed by atoms with Gasteiger partial charge in [0.1, 0.15) is 5.75 Å². The number of rotatable bonds is 7. The molecule has 5 nitrogen and oxygen atoms in total. The van der Waals surface area contributed by atoms with Crippen LogP contribution in [0, 0.1) is 13.8 Å². The fraction of sp³-hybridized carbons (Fsp3) is 0.286. The zero-order valence-corrected chi connectivity index (χ0v) is 20.8. The van der Waals surface area contributed by atoms with E-state index in [-0.39, 0.29) is 22.3 Å². The largest absolute Gasteiger partial charge is 0.508 e. The third-order valence-corrected chi connectivity index (χ3v) is 7.12. The lowest BCUT2D eigenvalue weighted by atomic mass is 9.97. The lowest BCUT2D eigenvalue weighted by Gasteiger charge is -2.30. The van der Waals surface area contributed by atoms with Crippen molar-refractivity contribution in [2.24, 2.45) is 0 Å². The van der Waals surface area contributed by atoms with E-state index in [1.54, 1.807) is 6.07 Å². The lowest BCUT2D eigenvalue weighted by molar-refractivity contribution is -0.118. The summed E-state index contributed by atoms with van der Waals surface area (Å²) in [5, 5.41) is 12.1. The van der Waals surface area contributed by atoms with Gasteiger partial charge in [0.05, 0.1) is 5.25 Å². The molecule has 0 bridgehead atoms. The van der Waals surface area contributed by atoms with Crippen molar-refractivity contribution < 1.29 is 14.7 Å². The first-order chi connectivity index (χ1) is 16.2. The van der Waals surface area contributed by atoms with E-state index in [1.807, 2.05) is 24.3 Å². The summed E-state index contributed by atoms with van der Waals surface area (Å²) in [5.74, 6) is 0.287. The van der Waals surface area contributed by atoms with Crippen LogP contribution in [0.1, 0.15) is 47.6 Å². The molecule has 0 radical (unpaired) electrons. The Bertz CT molecular complexity index is 1200. The van der Waals surface area contributed by atoms with E-state index in [0.717, 1.165) is 45.4 Å². The topological polar surface area (TPSA) is 69.6 Å². The van der Waals surface area contributed by atoms with Crippen LogP contribution >= 0.6 is 11.8 Å². The maximum Gasteiger partial charge on any atom is 0.286 e. The Morgan fingerprint density at radius 2 is 1.65 bits per heavy atom. The molecule has 0 saturated carbocycles. The number of hydrogen-bond acceptors (Lipinski definition) is 5. The molecule has 4 rings (SSSR count). The Labute approximate surface area is 205 Å². The summed E-state index contributed by atoms with van der Waals surface area (Å²) in [6.45, 7) is 9.00. The monoisotopic (exact) mass is 474 g/mol. The number of nitrogens with zero attached hydrogens (tertiary/aromatic N) is 1. The van der Waals surface area contributed by atoms with Gasteiger partial charge >= 0.3 is 0 Å². The zero-order valence-electron chi connectivity index (χ0n) is 20.0. The van der Waals surface area contributed by atoms with Crippen LogP contribution in [0.2, 0.25) is 0 Å². The van der Waals surface area contributed by atoms with E-state index in [4.69, 9.17) is 0 Å². The van der Waals surface area contributed by atoms with E-state index < -0.39 is 0 Å². The molecule has 1 atom stereocenters. The van der Waals surface area contributed by atoms with Gasteiger partial charge in [-0.2, -0.15) is 0 Å². The van der Waals surface area contributed by atoms with Crippen molar-refractivity contribution in [1.29, 1.82) is 0 Å². The zero-order chi connectivity index (χ0) is 24.4. The number of carbonyl (C=O) groups excluding carboxylic acids is 2. The summed E-state index contributed by atoms with van der Waals surface area (Å²) in [7, 11) is 0. The molecule has 0 spiro atoms. The fourth-order valence-electron chi connectivity index (χ4n) is 4.57. The number of anilines is 2. The molecule has 1 aliphatic rings. The number of benzene rings is 3. The first kappa shape index (κ1) is 23.9. The summed E-state index contributed by atoms with van der Waals surface area (Å²) in [6, 6.07) is 20.3. The van der Waals surface area contributed by atoms with Gasteiger partial charge in [-0.05, 0) is 72.2 Å². The number of imide groups is 1. The molecule has 1 heterocycles. The highest BCUT2D eigenvalue weighted by atomic mass is 32.2. The van der Waals surface area contributed by atoms with E-state index in [2.05, 4.69) is 68.2 Å². The average Bonchev–Trinajstić information content (AvgIpc) is 3.10. The number of thioether (sulfide) groups is 1. The van der Waals surface area contributed by atoms with Crippen molar-refractivity contribution in [2.75, 3.05) is 4.90 Å². The van der Waals surface area contributed by atoms with Crippen LogP contribution in [-0.4, -0.2) is 21.5 Å². The number of nitrogens with one attached hydrogen (secondary N) is 1. The standard InChI is InChI=1S/C28H30N2O3S/c1-17(2)23-15-22(10-11-24(23)31)30(16-20-8-6-5-7-9-20)26-18(3)12-21(13-19(26)4)14-25-27(32)29-28(33)34-25/h5-13,15,17,25,31H,14,16H2,1-4H3,(H,29,32,33). The van der Waals surface area contributed by atoms with Gasteiger partial charge in [0.15, 0.2) is 0 Å². The molecule has 2 N–H and O–H groups in total. The molecule has 2 amide bonds. The van der Waals surface area contributed by atoms with Crippen LogP contribution in [0.5, 0.6) is 5.75 Å². The Morgan fingerprint density at radius 1 is 0.971 bits per heavy atom. The second-order valence-electron chi connectivity index (χ2n) is 9.14. The van der Waals surface area contributed by atoms with Crippen LogP contribution in [-0.2, 0) is 17.8 Å². The molecule has 3 aromatic rings. The van der Waals surface area contributed by atoms with E-state index in [0.29, 0.717) is 18.7 Å². The summed E-state index contributed by atoms with van der Waals surface area (Å²) < 4.78 is 0. The van der Waals surface area contributed by atoms with Crippen molar-refractivity contribution >= 4 is 34.3 Å². The molecule has 0 aromatic heterocycles. The summed E-state index contributed by atoms with van der Waals surface area (Å²) >= 11 is 1.06. The maximum atomic E-state index is 12.1.